The van der Waals surface area contributed by atoms with Gasteiger partial charge in [0.1, 0.15) is 23.1 Å². The van der Waals surface area contributed by atoms with Crippen LogP contribution in [-0.4, -0.2) is 39.6 Å². The van der Waals surface area contributed by atoms with Gasteiger partial charge >= 0.3 is 0 Å². The number of nitriles is 1. The average molecular weight is 507 g/mol. The van der Waals surface area contributed by atoms with Gasteiger partial charge in [0, 0.05) is 29.4 Å². The van der Waals surface area contributed by atoms with Crippen LogP contribution in [0.15, 0.2) is 84.1 Å². The number of ether oxygens (including phenoxy) is 1. The quantitative estimate of drug-likeness (QED) is 0.223. The number of amides is 2. The molecule has 1 aliphatic heterocycles. The Hall–Kier alpha value is -4.70. The van der Waals surface area contributed by atoms with Crippen molar-refractivity contribution < 1.29 is 14.3 Å². The Balaban J connectivity index is 1.88. The fraction of sp³-hybridized carbons (Fsp3) is 0.226. The van der Waals surface area contributed by atoms with E-state index in [1.54, 1.807) is 17.7 Å². The zero-order valence-electron chi connectivity index (χ0n) is 22.1. The van der Waals surface area contributed by atoms with Gasteiger partial charge in [-0.15, -0.1) is 6.58 Å². The normalized spacial score (nSPS) is 14.8. The Kier molecular flexibility index (Phi) is 7.73. The van der Waals surface area contributed by atoms with E-state index in [4.69, 9.17) is 9.84 Å². The topological polar surface area (TPSA) is 88.2 Å². The van der Waals surface area contributed by atoms with Crippen molar-refractivity contribution in [2.45, 2.75) is 27.7 Å². The van der Waals surface area contributed by atoms with Crippen molar-refractivity contribution in [2.24, 2.45) is 5.92 Å². The zero-order chi connectivity index (χ0) is 27.4. The number of benzene rings is 2. The molecule has 0 spiro atoms. The number of carbonyl (C=O) groups is 2. The van der Waals surface area contributed by atoms with Gasteiger partial charge in [-0.2, -0.15) is 10.4 Å². The lowest BCUT2D eigenvalue weighted by Crippen LogP contribution is -2.42. The van der Waals surface area contributed by atoms with E-state index in [2.05, 4.69) is 20.4 Å². The molecular formula is C31H30N4O3. The van der Waals surface area contributed by atoms with Gasteiger partial charge in [-0.05, 0) is 67.3 Å². The van der Waals surface area contributed by atoms with Gasteiger partial charge in [0.2, 0.25) is 0 Å². The molecule has 4 rings (SSSR count). The van der Waals surface area contributed by atoms with Crippen LogP contribution >= 0.6 is 0 Å². The first kappa shape index (κ1) is 26.4. The van der Waals surface area contributed by atoms with Gasteiger partial charge in [-0.1, -0.05) is 38.1 Å². The van der Waals surface area contributed by atoms with Crippen LogP contribution in [0.4, 0.5) is 0 Å². The molecule has 0 atom stereocenters. The Labute approximate surface area is 223 Å². The molecule has 1 aromatic heterocycles. The Morgan fingerprint density at radius 2 is 1.84 bits per heavy atom. The molecule has 1 aliphatic rings. The van der Waals surface area contributed by atoms with Crippen LogP contribution < -0.4 is 4.74 Å². The fourth-order valence-corrected chi connectivity index (χ4v) is 4.25. The second-order valence-corrected chi connectivity index (χ2v) is 9.57. The van der Waals surface area contributed by atoms with Crippen molar-refractivity contribution in [3.05, 3.63) is 95.2 Å². The lowest BCUT2D eigenvalue weighted by molar-refractivity contribution is -0.139. The molecule has 38 heavy (non-hydrogen) atoms. The zero-order valence-corrected chi connectivity index (χ0v) is 22.1. The summed E-state index contributed by atoms with van der Waals surface area (Å²) in [6.45, 7) is 12.1. The summed E-state index contributed by atoms with van der Waals surface area (Å²) in [6.07, 6.45) is 5.03. The molecule has 7 heteroatoms. The van der Waals surface area contributed by atoms with Crippen LogP contribution in [0.1, 0.15) is 31.9 Å². The van der Waals surface area contributed by atoms with Crippen molar-refractivity contribution in [3.8, 4) is 28.8 Å². The van der Waals surface area contributed by atoms with Gasteiger partial charge in [-0.25, -0.2) is 4.68 Å². The number of nitrogens with zero attached hydrogens (tertiary/aromatic N) is 4. The summed E-state index contributed by atoms with van der Waals surface area (Å²) in [5.41, 5.74) is 4.61. The van der Waals surface area contributed by atoms with E-state index < -0.39 is 11.8 Å². The number of imide groups is 1. The molecule has 2 aromatic carbocycles. The second-order valence-electron chi connectivity index (χ2n) is 9.57. The first-order chi connectivity index (χ1) is 18.2. The molecule has 0 saturated carbocycles. The third kappa shape index (κ3) is 5.21. The minimum absolute atomic E-state index is 0.0144. The van der Waals surface area contributed by atoms with Gasteiger partial charge in [0.05, 0.1) is 12.3 Å². The number of carbonyl (C=O) groups excluding carboxylic acids is 2. The van der Waals surface area contributed by atoms with Crippen LogP contribution in [0.25, 0.3) is 23.0 Å². The van der Waals surface area contributed by atoms with Gasteiger partial charge < -0.3 is 4.74 Å². The van der Waals surface area contributed by atoms with Gasteiger partial charge in [-0.3, -0.25) is 14.5 Å². The van der Waals surface area contributed by atoms with Crippen molar-refractivity contribution in [3.63, 3.8) is 0 Å². The number of para-hydroxylation sites is 1. The van der Waals surface area contributed by atoms with Gasteiger partial charge in [0.15, 0.2) is 0 Å². The number of aromatic nitrogens is 2. The molecule has 0 N–H and O–H groups in total. The minimum atomic E-state index is -0.611. The van der Waals surface area contributed by atoms with Crippen LogP contribution in [0.3, 0.4) is 0 Å². The first-order valence-corrected chi connectivity index (χ1v) is 12.4. The number of rotatable bonds is 8. The van der Waals surface area contributed by atoms with E-state index in [0.29, 0.717) is 29.4 Å². The molecule has 0 saturated heterocycles. The highest BCUT2D eigenvalue weighted by Gasteiger charge is 2.35. The van der Waals surface area contributed by atoms with Crippen LogP contribution in [0.5, 0.6) is 5.75 Å². The standard InChI is InChI=1S/C31H30N4O3/c1-6-14-34-30(36)27(22(5)28(17-32)31(34)37)16-23-18-35(24-10-8-7-9-11-24)33-29(23)26-13-12-25(15-21(26)4)38-19-20(2)3/h6-13,15-16,18,20H,1,14,19H2,2-5H3/b27-16+. The fourth-order valence-electron chi connectivity index (χ4n) is 4.25. The minimum Gasteiger partial charge on any atom is -0.493 e. The predicted octanol–water partition coefficient (Wildman–Crippen LogP) is 5.66. The van der Waals surface area contributed by atoms with Crippen molar-refractivity contribution in [2.75, 3.05) is 13.2 Å². The summed E-state index contributed by atoms with van der Waals surface area (Å²) in [6, 6.07) is 17.5. The number of aryl methyl sites for hydroxylation is 1. The molecular weight excluding hydrogens is 476 g/mol. The second kappa shape index (κ2) is 11.1. The monoisotopic (exact) mass is 506 g/mol. The van der Waals surface area contributed by atoms with Crippen molar-refractivity contribution >= 4 is 17.9 Å². The van der Waals surface area contributed by atoms with Gasteiger partial charge in [0.25, 0.3) is 11.8 Å². The van der Waals surface area contributed by atoms with E-state index in [0.717, 1.165) is 27.5 Å². The number of hydrogen-bond acceptors (Lipinski definition) is 5. The van der Waals surface area contributed by atoms with E-state index >= 15 is 0 Å². The SMILES string of the molecule is C=CCN1C(=O)C(C#N)=C(C)/C(=C\c2cn(-c3ccccc3)nc2-c2ccc(OCC(C)C)cc2C)C1=O. The Morgan fingerprint density at radius 1 is 1.11 bits per heavy atom. The van der Waals surface area contributed by atoms with E-state index in [-0.39, 0.29) is 17.7 Å². The number of hydrogen-bond donors (Lipinski definition) is 0. The Morgan fingerprint density at radius 3 is 2.47 bits per heavy atom. The van der Waals surface area contributed by atoms with Crippen LogP contribution in [0, 0.1) is 24.2 Å². The molecule has 2 amide bonds. The summed E-state index contributed by atoms with van der Waals surface area (Å²) < 4.78 is 7.66. The van der Waals surface area contributed by atoms with Crippen molar-refractivity contribution in [1.29, 1.82) is 5.26 Å². The molecule has 7 nitrogen and oxygen atoms in total. The maximum atomic E-state index is 13.4. The van der Waals surface area contributed by atoms with Crippen LogP contribution in [0.2, 0.25) is 0 Å². The molecule has 0 aliphatic carbocycles. The smallest absolute Gasteiger partial charge is 0.271 e. The summed E-state index contributed by atoms with van der Waals surface area (Å²) in [4.78, 5) is 27.1. The highest BCUT2D eigenvalue weighted by molar-refractivity contribution is 6.20. The van der Waals surface area contributed by atoms with E-state index in [9.17, 15) is 14.9 Å². The van der Waals surface area contributed by atoms with Crippen molar-refractivity contribution in [1.82, 2.24) is 14.7 Å². The molecule has 0 bridgehead atoms. The maximum absolute atomic E-state index is 13.4. The summed E-state index contributed by atoms with van der Waals surface area (Å²) >= 11 is 0. The molecule has 2 heterocycles. The average Bonchev–Trinajstić information content (AvgIpc) is 3.32. The summed E-state index contributed by atoms with van der Waals surface area (Å²) in [7, 11) is 0. The molecule has 0 radical (unpaired) electrons. The maximum Gasteiger partial charge on any atom is 0.271 e. The lowest BCUT2D eigenvalue weighted by Gasteiger charge is -2.26. The third-order valence-corrected chi connectivity index (χ3v) is 6.24. The third-order valence-electron chi connectivity index (χ3n) is 6.24. The largest absolute Gasteiger partial charge is 0.493 e. The Bertz CT molecular complexity index is 1500. The van der Waals surface area contributed by atoms with E-state index in [1.165, 1.54) is 6.08 Å². The molecule has 192 valence electrons. The van der Waals surface area contributed by atoms with E-state index in [1.807, 2.05) is 67.7 Å². The highest BCUT2D eigenvalue weighted by Crippen LogP contribution is 2.33. The lowest BCUT2D eigenvalue weighted by atomic mass is 9.93. The summed E-state index contributed by atoms with van der Waals surface area (Å²) in [5, 5.41) is 14.5. The molecule has 3 aromatic rings. The molecule has 0 unspecified atom stereocenters. The van der Waals surface area contributed by atoms with Crippen LogP contribution in [-0.2, 0) is 9.59 Å². The first-order valence-electron chi connectivity index (χ1n) is 12.4. The highest BCUT2D eigenvalue weighted by atomic mass is 16.5. The predicted molar refractivity (Wildman–Crippen MR) is 147 cm³/mol. The summed E-state index contributed by atoms with van der Waals surface area (Å²) in [5.74, 6) is 0.102. The molecule has 0 fully saturated rings.